The molecule has 8 heteroatoms. The maximum absolute atomic E-state index is 13.3. The summed E-state index contributed by atoms with van der Waals surface area (Å²) in [6.45, 7) is 6.47. The maximum Gasteiger partial charge on any atom is 0.389 e. The number of carboxylic acids is 1. The van der Waals surface area contributed by atoms with E-state index in [1.54, 1.807) is 42.5 Å². The molecule has 0 aliphatic rings. The number of imidazole rings is 1. The van der Waals surface area contributed by atoms with Crippen LogP contribution in [0.3, 0.4) is 0 Å². The topological polar surface area (TPSA) is 68.0 Å². The lowest BCUT2D eigenvalue weighted by atomic mass is 9.78. The number of aryl methyl sites for hydroxylation is 3. The van der Waals surface area contributed by atoms with Crippen molar-refractivity contribution in [2.24, 2.45) is 5.92 Å². The monoisotopic (exact) mass is 495 g/mol. The molecule has 188 valence electrons. The average molecular weight is 496 g/mol. The van der Waals surface area contributed by atoms with Crippen molar-refractivity contribution in [2.75, 3.05) is 0 Å². The van der Waals surface area contributed by atoms with Gasteiger partial charge in [-0.2, -0.15) is 13.2 Å². The summed E-state index contributed by atoms with van der Waals surface area (Å²) in [5, 5.41) is 9.74. The van der Waals surface area contributed by atoms with Crippen LogP contribution in [0.1, 0.15) is 53.0 Å². The first kappa shape index (κ1) is 25.4. The second-order valence-corrected chi connectivity index (χ2v) is 9.11. The minimum absolute atomic E-state index is 0.497. The highest BCUT2D eigenvalue weighted by molar-refractivity contribution is 5.76. The molecule has 0 fully saturated rings. The fraction of sp³-hybridized carbons (Fsp3) is 0.321. The molecule has 0 radical (unpaired) electrons. The smallest absolute Gasteiger partial charge is 0.389 e. The van der Waals surface area contributed by atoms with Crippen LogP contribution in [0.25, 0.3) is 11.2 Å². The molecule has 2 atom stereocenters. The Bertz CT molecular complexity index is 1360. The van der Waals surface area contributed by atoms with Gasteiger partial charge >= 0.3 is 12.1 Å². The first-order chi connectivity index (χ1) is 17.1. The molecule has 2 aromatic carbocycles. The Hall–Kier alpha value is -3.68. The lowest BCUT2D eigenvalue weighted by molar-refractivity contribution is -0.164. The van der Waals surface area contributed by atoms with E-state index in [2.05, 4.69) is 4.57 Å². The van der Waals surface area contributed by atoms with Gasteiger partial charge in [0.15, 0.2) is 5.65 Å². The average Bonchev–Trinajstić information content (AvgIpc) is 3.17. The van der Waals surface area contributed by atoms with Gasteiger partial charge in [0.2, 0.25) is 0 Å². The van der Waals surface area contributed by atoms with Crippen LogP contribution in [0.2, 0.25) is 0 Å². The van der Waals surface area contributed by atoms with Crippen LogP contribution in [0.5, 0.6) is 0 Å². The highest BCUT2D eigenvalue weighted by Gasteiger charge is 2.40. The second kappa shape index (κ2) is 10.1. The molecular formula is C28H28F3N3O2. The number of carboxylic acid groups (broad SMARTS) is 1. The number of aromatic nitrogens is 3. The van der Waals surface area contributed by atoms with Crippen LogP contribution in [0.4, 0.5) is 13.2 Å². The molecule has 0 aliphatic heterocycles. The van der Waals surface area contributed by atoms with Crippen LogP contribution in [0, 0.1) is 19.8 Å². The Balaban J connectivity index is 1.72. The fourth-order valence-electron chi connectivity index (χ4n) is 4.81. The van der Waals surface area contributed by atoms with Gasteiger partial charge in [-0.15, -0.1) is 0 Å². The van der Waals surface area contributed by atoms with E-state index in [0.717, 1.165) is 40.2 Å². The van der Waals surface area contributed by atoms with Crippen molar-refractivity contribution in [3.05, 3.63) is 94.4 Å². The third-order valence-corrected chi connectivity index (χ3v) is 6.43. The summed E-state index contributed by atoms with van der Waals surface area (Å²) in [5.74, 6) is -3.16. The van der Waals surface area contributed by atoms with E-state index < -0.39 is 30.4 Å². The lowest BCUT2D eigenvalue weighted by Crippen LogP contribution is -2.28. The van der Waals surface area contributed by atoms with Gasteiger partial charge in [0.1, 0.15) is 11.3 Å². The normalized spacial score (nSPS) is 13.6. The van der Waals surface area contributed by atoms with E-state index in [4.69, 9.17) is 9.97 Å². The Morgan fingerprint density at radius 2 is 1.64 bits per heavy atom. The highest BCUT2D eigenvalue weighted by atomic mass is 19.4. The Labute approximate surface area is 207 Å². The number of nitrogens with zero attached hydrogens (tertiary/aromatic N) is 3. The van der Waals surface area contributed by atoms with Crippen molar-refractivity contribution in [1.29, 1.82) is 0 Å². The van der Waals surface area contributed by atoms with Gasteiger partial charge in [0.05, 0.1) is 18.9 Å². The molecule has 5 nitrogen and oxygen atoms in total. The predicted molar refractivity (Wildman–Crippen MR) is 132 cm³/mol. The molecule has 1 N–H and O–H groups in total. The molecule has 0 spiro atoms. The summed E-state index contributed by atoms with van der Waals surface area (Å²) in [6.07, 6.45) is -5.28. The first-order valence-corrected chi connectivity index (χ1v) is 11.8. The Kier molecular flexibility index (Phi) is 7.15. The van der Waals surface area contributed by atoms with Crippen molar-refractivity contribution < 1.29 is 23.1 Å². The number of hydrogen-bond donors (Lipinski definition) is 1. The minimum Gasteiger partial charge on any atom is -0.481 e. The molecule has 0 amide bonds. The van der Waals surface area contributed by atoms with E-state index in [9.17, 15) is 23.1 Å². The quantitative estimate of drug-likeness (QED) is 0.305. The zero-order valence-corrected chi connectivity index (χ0v) is 20.4. The first-order valence-electron chi connectivity index (χ1n) is 11.8. The van der Waals surface area contributed by atoms with Crippen molar-refractivity contribution in [3.63, 3.8) is 0 Å². The van der Waals surface area contributed by atoms with Gasteiger partial charge in [0.25, 0.3) is 0 Å². The summed E-state index contributed by atoms with van der Waals surface area (Å²) in [5.41, 5.74) is 5.58. The molecule has 4 rings (SSSR count). The van der Waals surface area contributed by atoms with Crippen molar-refractivity contribution >= 4 is 17.1 Å². The van der Waals surface area contributed by atoms with Crippen LogP contribution in [-0.2, 0) is 17.8 Å². The number of alkyl halides is 3. The summed E-state index contributed by atoms with van der Waals surface area (Å²) in [6, 6.07) is 17.6. The molecule has 0 saturated heterocycles. The van der Waals surface area contributed by atoms with Gasteiger partial charge in [-0.25, -0.2) is 9.97 Å². The van der Waals surface area contributed by atoms with E-state index in [0.29, 0.717) is 17.7 Å². The zero-order chi connectivity index (χ0) is 26.0. The van der Waals surface area contributed by atoms with Gasteiger partial charge in [-0.1, -0.05) is 61.5 Å². The molecule has 0 bridgehead atoms. The molecule has 2 unspecified atom stereocenters. The molecular weight excluding hydrogens is 467 g/mol. The number of pyridine rings is 1. The van der Waals surface area contributed by atoms with E-state index in [1.165, 1.54) is 0 Å². The van der Waals surface area contributed by atoms with E-state index in [-0.39, 0.29) is 0 Å². The third-order valence-electron chi connectivity index (χ3n) is 6.43. The Morgan fingerprint density at radius 1 is 1.00 bits per heavy atom. The van der Waals surface area contributed by atoms with Crippen molar-refractivity contribution in [1.82, 2.24) is 14.5 Å². The lowest BCUT2D eigenvalue weighted by Gasteiger charge is -2.26. The molecule has 2 heterocycles. The molecule has 0 aliphatic carbocycles. The number of aliphatic carboxylic acids is 1. The standard InChI is InChI=1S/C28H28F3N3O2/c1-4-23-33-25-17(2)14-18(3)32-26(25)34(23)16-19-10-12-21(13-11-19)24(20-8-6-5-7-9-20)22(27(35)36)15-28(29,30)31/h5-14,22,24H,4,15-16H2,1-3H3,(H,35,36). The van der Waals surface area contributed by atoms with Gasteiger partial charge in [-0.3, -0.25) is 4.79 Å². The number of benzene rings is 2. The van der Waals surface area contributed by atoms with Crippen LogP contribution in [-0.4, -0.2) is 31.8 Å². The van der Waals surface area contributed by atoms with Crippen molar-refractivity contribution in [2.45, 2.75) is 52.3 Å². The second-order valence-electron chi connectivity index (χ2n) is 9.11. The maximum atomic E-state index is 13.3. The predicted octanol–water partition coefficient (Wildman–Crippen LogP) is 6.44. The summed E-state index contributed by atoms with van der Waals surface area (Å²) >= 11 is 0. The number of fused-ring (bicyclic) bond motifs is 1. The van der Waals surface area contributed by atoms with Gasteiger partial charge < -0.3 is 9.67 Å². The highest BCUT2D eigenvalue weighted by Crippen LogP contribution is 2.39. The molecule has 2 aromatic heterocycles. The van der Waals surface area contributed by atoms with Gasteiger partial charge in [0, 0.05) is 18.0 Å². The number of carbonyl (C=O) groups is 1. The van der Waals surface area contributed by atoms with Gasteiger partial charge in [-0.05, 0) is 42.2 Å². The summed E-state index contributed by atoms with van der Waals surface area (Å²) < 4.78 is 42.0. The Morgan fingerprint density at radius 3 is 2.22 bits per heavy atom. The van der Waals surface area contributed by atoms with E-state index in [1.807, 2.05) is 39.0 Å². The fourth-order valence-corrected chi connectivity index (χ4v) is 4.81. The molecule has 36 heavy (non-hydrogen) atoms. The zero-order valence-electron chi connectivity index (χ0n) is 20.4. The largest absolute Gasteiger partial charge is 0.481 e. The SMILES string of the molecule is CCc1nc2c(C)cc(C)nc2n1Cc1ccc(C(c2ccccc2)C(CC(F)(F)F)C(=O)O)cc1. The summed E-state index contributed by atoms with van der Waals surface area (Å²) in [7, 11) is 0. The molecule has 4 aromatic rings. The van der Waals surface area contributed by atoms with Crippen molar-refractivity contribution in [3.8, 4) is 0 Å². The van der Waals surface area contributed by atoms with E-state index >= 15 is 0 Å². The third kappa shape index (κ3) is 5.42. The number of rotatable bonds is 8. The van der Waals surface area contributed by atoms with Crippen LogP contribution in [0.15, 0.2) is 60.7 Å². The molecule has 0 saturated carbocycles. The number of halogens is 3. The number of hydrogen-bond acceptors (Lipinski definition) is 3. The minimum atomic E-state index is -4.60. The van der Waals surface area contributed by atoms with Crippen LogP contribution < -0.4 is 0 Å². The summed E-state index contributed by atoms with van der Waals surface area (Å²) in [4.78, 5) is 21.4. The van der Waals surface area contributed by atoms with Crippen LogP contribution >= 0.6 is 0 Å².